The Hall–Kier alpha value is -4.58. The van der Waals surface area contributed by atoms with Crippen LogP contribution >= 0.6 is 11.6 Å². The van der Waals surface area contributed by atoms with E-state index in [4.69, 9.17) is 36.1 Å². The molecule has 2 N–H and O–H groups in total. The number of carbonyl (C=O) groups is 4. The van der Waals surface area contributed by atoms with E-state index in [-0.39, 0.29) is 62.8 Å². The van der Waals surface area contributed by atoms with Crippen molar-refractivity contribution in [3.8, 4) is 5.75 Å². The molecule has 14 heteroatoms. The lowest BCUT2D eigenvalue weighted by Crippen LogP contribution is -2.49. The monoisotopic (exact) mass is 737 g/mol. The summed E-state index contributed by atoms with van der Waals surface area (Å²) in [6.45, 7) is 5.87. The van der Waals surface area contributed by atoms with E-state index in [1.165, 1.54) is 13.2 Å². The summed E-state index contributed by atoms with van der Waals surface area (Å²) in [7, 11) is 1.50. The van der Waals surface area contributed by atoms with E-state index < -0.39 is 47.9 Å². The quantitative estimate of drug-likeness (QED) is 0.0609. The second-order valence-electron chi connectivity index (χ2n) is 13.6. The number of hydrogen-bond donors (Lipinski definition) is 2. The smallest absolute Gasteiger partial charge is 0.347 e. The summed E-state index contributed by atoms with van der Waals surface area (Å²) in [5.41, 5.74) is 10.3. The van der Waals surface area contributed by atoms with Gasteiger partial charge in [-0.2, -0.15) is 0 Å². The lowest BCUT2D eigenvalue weighted by Gasteiger charge is -2.27. The second-order valence-corrected chi connectivity index (χ2v) is 14.0. The first-order valence-electron chi connectivity index (χ1n) is 17.7. The largest absolute Gasteiger partial charge is 0.495 e. The SMILES string of the molecule is COc1ccc(C[C@H]2NC(=O)/C=C/C[C@@H]([C@H](C)[C@H]3O[C@@H]3c3ccccc3)OC(=O)[C@H](CC(C)C)OC(=O)[C@H](CCCCN=[N+]=[N-])CNC2=O)cc1Cl. The maximum Gasteiger partial charge on any atom is 0.347 e. The molecule has 2 aliphatic heterocycles. The fourth-order valence-corrected chi connectivity index (χ4v) is 6.46. The van der Waals surface area contributed by atoms with Gasteiger partial charge in [0.2, 0.25) is 11.8 Å². The summed E-state index contributed by atoms with van der Waals surface area (Å²) in [5.74, 6) is -3.06. The van der Waals surface area contributed by atoms with Gasteiger partial charge in [-0.05, 0) is 60.0 Å². The van der Waals surface area contributed by atoms with Gasteiger partial charge in [-0.1, -0.05) is 86.4 Å². The molecule has 0 unspecified atom stereocenters. The molecule has 2 aromatic rings. The van der Waals surface area contributed by atoms with Gasteiger partial charge in [-0.25, -0.2) is 4.79 Å². The molecular weight excluding hydrogens is 690 g/mol. The number of nitrogens with one attached hydrogen (secondary N) is 2. The minimum atomic E-state index is -1.19. The molecule has 1 saturated heterocycles. The third kappa shape index (κ3) is 12.0. The number of epoxide rings is 1. The molecule has 2 aromatic carbocycles. The third-order valence-corrected chi connectivity index (χ3v) is 9.43. The van der Waals surface area contributed by atoms with Crippen LogP contribution in [-0.4, -0.2) is 68.3 Å². The van der Waals surface area contributed by atoms with Gasteiger partial charge in [-0.3, -0.25) is 14.4 Å². The number of unbranched alkanes of at least 4 members (excludes halogenated alkanes) is 1. The highest BCUT2D eigenvalue weighted by molar-refractivity contribution is 6.32. The van der Waals surface area contributed by atoms with E-state index >= 15 is 0 Å². The van der Waals surface area contributed by atoms with Crippen molar-refractivity contribution in [3.63, 3.8) is 0 Å². The van der Waals surface area contributed by atoms with Crippen molar-refractivity contribution in [1.29, 1.82) is 0 Å². The maximum atomic E-state index is 13.8. The molecule has 0 bridgehead atoms. The molecule has 2 amide bonds. The highest BCUT2D eigenvalue weighted by atomic mass is 35.5. The van der Waals surface area contributed by atoms with Crippen LogP contribution in [0.25, 0.3) is 10.4 Å². The van der Waals surface area contributed by atoms with E-state index in [9.17, 15) is 19.2 Å². The fourth-order valence-electron chi connectivity index (χ4n) is 6.18. The Morgan fingerprint density at radius 1 is 1.04 bits per heavy atom. The zero-order valence-electron chi connectivity index (χ0n) is 30.0. The van der Waals surface area contributed by atoms with Gasteiger partial charge in [0, 0.05) is 36.8 Å². The number of hydrogen-bond acceptors (Lipinski definition) is 9. The van der Waals surface area contributed by atoms with Crippen LogP contribution in [0.15, 0.2) is 65.8 Å². The van der Waals surface area contributed by atoms with Crippen LogP contribution in [0, 0.1) is 17.8 Å². The zero-order valence-corrected chi connectivity index (χ0v) is 30.8. The molecule has 4 rings (SSSR count). The summed E-state index contributed by atoms with van der Waals surface area (Å²) >= 11 is 6.35. The van der Waals surface area contributed by atoms with Crippen molar-refractivity contribution in [1.82, 2.24) is 10.6 Å². The summed E-state index contributed by atoms with van der Waals surface area (Å²) in [6.07, 6.45) is 2.39. The van der Waals surface area contributed by atoms with E-state index in [0.717, 1.165) is 5.56 Å². The number of azide groups is 1. The number of ether oxygens (including phenoxy) is 4. The van der Waals surface area contributed by atoms with Crippen molar-refractivity contribution in [3.05, 3.63) is 87.3 Å². The predicted molar refractivity (Wildman–Crippen MR) is 194 cm³/mol. The molecule has 2 aliphatic rings. The van der Waals surface area contributed by atoms with Crippen molar-refractivity contribution in [2.45, 2.75) is 89.8 Å². The predicted octanol–water partition coefficient (Wildman–Crippen LogP) is 6.19. The Bertz CT molecular complexity index is 1620. The Labute approximate surface area is 309 Å². The van der Waals surface area contributed by atoms with E-state index in [1.807, 2.05) is 51.1 Å². The number of amides is 2. The topological polar surface area (TPSA) is 181 Å². The second kappa shape index (κ2) is 19.9. The normalized spacial score (nSPS) is 25.5. The highest BCUT2D eigenvalue weighted by Crippen LogP contribution is 2.45. The first-order valence-corrected chi connectivity index (χ1v) is 18.1. The molecule has 280 valence electrons. The van der Waals surface area contributed by atoms with E-state index in [1.54, 1.807) is 24.3 Å². The first-order chi connectivity index (χ1) is 25.0. The minimum Gasteiger partial charge on any atom is -0.495 e. The van der Waals surface area contributed by atoms with Gasteiger partial charge in [0.1, 0.15) is 24.0 Å². The molecule has 7 atom stereocenters. The molecule has 0 aliphatic carbocycles. The van der Waals surface area contributed by atoms with Gasteiger partial charge < -0.3 is 29.6 Å². The summed E-state index contributed by atoms with van der Waals surface area (Å²) in [5, 5.41) is 9.48. The first kappa shape index (κ1) is 40.2. The number of cyclic esters (lactones) is 2. The Balaban J connectivity index is 1.62. The van der Waals surface area contributed by atoms with Gasteiger partial charge in [0.15, 0.2) is 6.10 Å². The number of benzene rings is 2. The van der Waals surface area contributed by atoms with Crippen molar-refractivity contribution < 1.29 is 38.1 Å². The van der Waals surface area contributed by atoms with Gasteiger partial charge in [0.05, 0.1) is 24.2 Å². The molecular formula is C38H48ClN5O8. The Morgan fingerprint density at radius 3 is 2.50 bits per heavy atom. The molecule has 1 fully saturated rings. The standard InChI is InChI=1S/C38H48ClN5O8/c1-23(2)19-32-38(48)50-30(24(3)34-35(52-34)26-11-6-5-7-12-26)14-10-15-33(45)43-29(21-25-16-17-31(49-4)28(39)20-25)36(46)41-22-27(37(47)51-32)13-8-9-18-42-44-40/h5-7,10-12,15-17,20,23-24,27,29-30,32,34-35H,8-9,13-14,18-19,21-22H2,1-4H3,(H,41,46)(H,43,45)/b15-10+/t24-,27+,29+,30-,32-,34+,35+/m0/s1. The zero-order chi connectivity index (χ0) is 37.6. The lowest BCUT2D eigenvalue weighted by molar-refractivity contribution is -0.176. The van der Waals surface area contributed by atoms with Crippen LogP contribution in [0.4, 0.5) is 0 Å². The molecule has 0 saturated carbocycles. The van der Waals surface area contributed by atoms with Gasteiger partial charge in [0.25, 0.3) is 0 Å². The van der Waals surface area contributed by atoms with Crippen LogP contribution in [-0.2, 0) is 39.8 Å². The van der Waals surface area contributed by atoms with Crippen LogP contribution in [0.3, 0.4) is 0 Å². The third-order valence-electron chi connectivity index (χ3n) is 9.14. The van der Waals surface area contributed by atoms with Crippen LogP contribution < -0.4 is 15.4 Å². The summed E-state index contributed by atoms with van der Waals surface area (Å²) in [4.78, 5) is 57.2. The van der Waals surface area contributed by atoms with Crippen molar-refractivity contribution >= 4 is 35.4 Å². The number of esters is 2. The molecule has 0 spiro atoms. The van der Waals surface area contributed by atoms with Gasteiger partial charge in [-0.15, -0.1) is 0 Å². The van der Waals surface area contributed by atoms with Crippen LogP contribution in [0.2, 0.25) is 5.02 Å². The maximum absolute atomic E-state index is 13.8. The number of carbonyl (C=O) groups excluding carboxylic acids is 4. The van der Waals surface area contributed by atoms with Crippen molar-refractivity contribution in [2.75, 3.05) is 20.2 Å². The molecule has 0 aromatic heterocycles. The average molecular weight is 738 g/mol. The number of halogens is 1. The molecule has 2 heterocycles. The summed E-state index contributed by atoms with van der Waals surface area (Å²) in [6, 6.07) is 13.8. The highest BCUT2D eigenvalue weighted by Gasteiger charge is 2.47. The fraction of sp³-hybridized carbons (Fsp3) is 0.526. The van der Waals surface area contributed by atoms with E-state index in [0.29, 0.717) is 29.2 Å². The molecule has 13 nitrogen and oxygen atoms in total. The van der Waals surface area contributed by atoms with E-state index in [2.05, 4.69) is 20.7 Å². The lowest BCUT2D eigenvalue weighted by atomic mass is 9.93. The number of rotatable bonds is 13. The van der Waals surface area contributed by atoms with Crippen LogP contribution in [0.1, 0.15) is 70.1 Å². The summed E-state index contributed by atoms with van der Waals surface area (Å²) < 4.78 is 23.2. The Kier molecular flexibility index (Phi) is 15.4. The average Bonchev–Trinajstić information content (AvgIpc) is 3.92. The molecule has 52 heavy (non-hydrogen) atoms. The minimum absolute atomic E-state index is 0.0150. The number of methoxy groups -OCH3 is 1. The molecule has 0 radical (unpaired) electrons. The number of nitrogens with zero attached hydrogens (tertiary/aromatic N) is 3. The van der Waals surface area contributed by atoms with Crippen LogP contribution in [0.5, 0.6) is 5.75 Å². The van der Waals surface area contributed by atoms with Crippen molar-refractivity contribution in [2.24, 2.45) is 22.9 Å². The van der Waals surface area contributed by atoms with Gasteiger partial charge >= 0.3 is 11.9 Å². The Morgan fingerprint density at radius 2 is 1.81 bits per heavy atom.